The molecule has 0 fully saturated rings. The molecule has 102 valence electrons. The predicted molar refractivity (Wildman–Crippen MR) is 71.9 cm³/mol. The molecule has 0 amide bonds. The van der Waals surface area contributed by atoms with Crippen molar-refractivity contribution in [2.24, 2.45) is 0 Å². The summed E-state index contributed by atoms with van der Waals surface area (Å²) in [6.07, 6.45) is 0.309. The molecule has 0 aliphatic rings. The lowest BCUT2D eigenvalue weighted by Gasteiger charge is -2.23. The molecule has 0 aromatic heterocycles. The normalized spacial score (nSPS) is 14.2. The summed E-state index contributed by atoms with van der Waals surface area (Å²) in [7, 11) is 3.29. The second-order valence-electron chi connectivity index (χ2n) is 4.18. The van der Waals surface area contributed by atoms with Gasteiger partial charge in [-0.2, -0.15) is 0 Å². The Kier molecular flexibility index (Phi) is 6.72. The van der Waals surface area contributed by atoms with Gasteiger partial charge in [-0.05, 0) is 24.1 Å². The largest absolute Gasteiger partial charge is 0.497 e. The summed E-state index contributed by atoms with van der Waals surface area (Å²) in [4.78, 5) is 0. The van der Waals surface area contributed by atoms with Gasteiger partial charge >= 0.3 is 0 Å². The van der Waals surface area contributed by atoms with Crippen LogP contribution in [-0.4, -0.2) is 38.5 Å². The van der Waals surface area contributed by atoms with Gasteiger partial charge in [0.25, 0.3) is 0 Å². The summed E-state index contributed by atoms with van der Waals surface area (Å²) in [6.45, 7) is 3.42. The third kappa shape index (κ3) is 4.29. The Morgan fingerprint density at radius 1 is 1.33 bits per heavy atom. The van der Waals surface area contributed by atoms with Crippen LogP contribution in [0.3, 0.4) is 0 Å². The number of benzene rings is 1. The van der Waals surface area contributed by atoms with E-state index >= 15 is 0 Å². The summed E-state index contributed by atoms with van der Waals surface area (Å²) in [5.74, 6) is 0.762. The van der Waals surface area contributed by atoms with Crippen molar-refractivity contribution in [3.8, 4) is 5.75 Å². The number of nitrogens with one attached hydrogen (secondary N) is 1. The van der Waals surface area contributed by atoms with E-state index in [-0.39, 0.29) is 6.04 Å². The van der Waals surface area contributed by atoms with E-state index in [0.29, 0.717) is 6.61 Å². The number of hydrogen-bond donors (Lipinski definition) is 2. The average Bonchev–Trinajstić information content (AvgIpc) is 2.43. The summed E-state index contributed by atoms with van der Waals surface area (Å²) >= 11 is 0. The Morgan fingerprint density at radius 2 is 2.11 bits per heavy atom. The van der Waals surface area contributed by atoms with Crippen molar-refractivity contribution in [3.63, 3.8) is 0 Å². The lowest BCUT2D eigenvalue weighted by Crippen LogP contribution is -2.36. The Hall–Kier alpha value is -1.10. The van der Waals surface area contributed by atoms with Gasteiger partial charge in [0, 0.05) is 19.7 Å². The molecule has 4 nitrogen and oxygen atoms in total. The first-order valence-corrected chi connectivity index (χ1v) is 6.27. The van der Waals surface area contributed by atoms with Gasteiger partial charge in [0.15, 0.2) is 0 Å². The van der Waals surface area contributed by atoms with E-state index in [1.165, 1.54) is 0 Å². The highest BCUT2D eigenvalue weighted by atomic mass is 16.5. The van der Waals surface area contributed by atoms with Gasteiger partial charge < -0.3 is 19.9 Å². The summed E-state index contributed by atoms with van der Waals surface area (Å²) < 4.78 is 10.2. The molecule has 1 rings (SSSR count). The molecule has 0 heterocycles. The smallest absolute Gasteiger partial charge is 0.119 e. The Morgan fingerprint density at radius 3 is 2.72 bits per heavy atom. The standard InChI is InChI=1S/C14H23NO3/c1-4-13(15-8-9-17-2)14(16)11-6-5-7-12(10-11)18-3/h5-7,10,13-16H,4,8-9H2,1-3H3. The van der Waals surface area contributed by atoms with Gasteiger partial charge in [-0.25, -0.2) is 0 Å². The molecular formula is C14H23NO3. The van der Waals surface area contributed by atoms with Crippen molar-refractivity contribution >= 4 is 0 Å². The van der Waals surface area contributed by atoms with Gasteiger partial charge in [0.2, 0.25) is 0 Å². The Bertz CT molecular complexity index is 344. The Labute approximate surface area is 109 Å². The predicted octanol–water partition coefficient (Wildman–Crippen LogP) is 1.74. The van der Waals surface area contributed by atoms with Crippen molar-refractivity contribution < 1.29 is 14.6 Å². The molecule has 0 saturated carbocycles. The molecule has 4 heteroatoms. The quantitative estimate of drug-likeness (QED) is 0.693. The molecule has 0 aliphatic heterocycles. The maximum Gasteiger partial charge on any atom is 0.119 e. The van der Waals surface area contributed by atoms with Crippen molar-refractivity contribution in [1.82, 2.24) is 5.32 Å². The first-order valence-electron chi connectivity index (χ1n) is 6.27. The fourth-order valence-electron chi connectivity index (χ4n) is 1.88. The fraction of sp³-hybridized carbons (Fsp3) is 0.571. The topological polar surface area (TPSA) is 50.7 Å². The molecule has 0 aliphatic carbocycles. The van der Waals surface area contributed by atoms with Crippen LogP contribution in [0.4, 0.5) is 0 Å². The van der Waals surface area contributed by atoms with Crippen molar-refractivity contribution in [2.45, 2.75) is 25.5 Å². The van der Waals surface area contributed by atoms with Crippen LogP contribution >= 0.6 is 0 Å². The maximum absolute atomic E-state index is 10.3. The van der Waals surface area contributed by atoms with E-state index in [9.17, 15) is 5.11 Å². The Balaban J connectivity index is 2.66. The lowest BCUT2D eigenvalue weighted by molar-refractivity contribution is 0.117. The molecular weight excluding hydrogens is 230 g/mol. The molecule has 0 radical (unpaired) electrons. The van der Waals surface area contributed by atoms with Crippen molar-refractivity contribution in [2.75, 3.05) is 27.4 Å². The van der Waals surface area contributed by atoms with Crippen LogP contribution in [0, 0.1) is 0 Å². The highest BCUT2D eigenvalue weighted by Gasteiger charge is 2.18. The molecule has 2 unspecified atom stereocenters. The maximum atomic E-state index is 10.3. The number of ether oxygens (including phenoxy) is 2. The fourth-order valence-corrected chi connectivity index (χ4v) is 1.88. The summed E-state index contributed by atoms with van der Waals surface area (Å²) in [5.41, 5.74) is 0.867. The average molecular weight is 253 g/mol. The minimum Gasteiger partial charge on any atom is -0.497 e. The minimum atomic E-state index is -0.540. The first-order chi connectivity index (χ1) is 8.72. The van der Waals surface area contributed by atoms with Gasteiger partial charge in [-0.15, -0.1) is 0 Å². The minimum absolute atomic E-state index is 0.0206. The SMILES string of the molecule is CCC(NCCOC)C(O)c1cccc(OC)c1. The molecule has 0 bridgehead atoms. The van der Waals surface area contributed by atoms with E-state index in [4.69, 9.17) is 9.47 Å². The van der Waals surface area contributed by atoms with Gasteiger partial charge in [0.05, 0.1) is 19.8 Å². The monoisotopic (exact) mass is 253 g/mol. The van der Waals surface area contributed by atoms with Crippen molar-refractivity contribution in [3.05, 3.63) is 29.8 Å². The van der Waals surface area contributed by atoms with E-state index in [1.54, 1.807) is 14.2 Å². The van der Waals surface area contributed by atoms with Gasteiger partial charge in [-0.3, -0.25) is 0 Å². The highest BCUT2D eigenvalue weighted by Crippen LogP contribution is 2.22. The van der Waals surface area contributed by atoms with E-state index in [1.807, 2.05) is 31.2 Å². The van der Waals surface area contributed by atoms with Crippen molar-refractivity contribution in [1.29, 1.82) is 0 Å². The van der Waals surface area contributed by atoms with E-state index < -0.39 is 6.10 Å². The van der Waals surface area contributed by atoms with Crippen LogP contribution in [0.15, 0.2) is 24.3 Å². The van der Waals surface area contributed by atoms with E-state index in [0.717, 1.165) is 24.3 Å². The number of rotatable bonds is 8. The third-order valence-electron chi connectivity index (χ3n) is 2.97. The molecule has 0 spiro atoms. The van der Waals surface area contributed by atoms with Crippen LogP contribution in [0.5, 0.6) is 5.75 Å². The second kappa shape index (κ2) is 8.08. The highest BCUT2D eigenvalue weighted by molar-refractivity contribution is 5.30. The molecule has 2 N–H and O–H groups in total. The zero-order valence-electron chi connectivity index (χ0n) is 11.3. The lowest BCUT2D eigenvalue weighted by atomic mass is 10.00. The number of hydrogen-bond acceptors (Lipinski definition) is 4. The summed E-state index contributed by atoms with van der Waals surface area (Å²) in [6, 6.07) is 7.56. The van der Waals surface area contributed by atoms with Gasteiger partial charge in [0.1, 0.15) is 5.75 Å². The van der Waals surface area contributed by atoms with Crippen LogP contribution in [-0.2, 0) is 4.74 Å². The molecule has 1 aromatic carbocycles. The summed E-state index contributed by atoms with van der Waals surface area (Å²) in [5, 5.41) is 13.6. The number of aliphatic hydroxyl groups is 1. The van der Waals surface area contributed by atoms with Crippen LogP contribution in [0.1, 0.15) is 25.0 Å². The van der Waals surface area contributed by atoms with Crippen LogP contribution in [0.2, 0.25) is 0 Å². The molecule has 18 heavy (non-hydrogen) atoms. The first kappa shape index (κ1) is 15.0. The number of methoxy groups -OCH3 is 2. The zero-order chi connectivity index (χ0) is 13.4. The zero-order valence-corrected chi connectivity index (χ0v) is 11.3. The van der Waals surface area contributed by atoms with Crippen LogP contribution in [0.25, 0.3) is 0 Å². The molecule has 0 saturated heterocycles. The second-order valence-corrected chi connectivity index (χ2v) is 4.18. The molecule has 1 aromatic rings. The number of aliphatic hydroxyl groups excluding tert-OH is 1. The van der Waals surface area contributed by atoms with Gasteiger partial charge in [-0.1, -0.05) is 19.1 Å². The third-order valence-corrected chi connectivity index (χ3v) is 2.97. The molecule has 2 atom stereocenters. The van der Waals surface area contributed by atoms with Crippen LogP contribution < -0.4 is 10.1 Å². The van der Waals surface area contributed by atoms with E-state index in [2.05, 4.69) is 5.32 Å².